The summed E-state index contributed by atoms with van der Waals surface area (Å²) in [5, 5.41) is 0. The summed E-state index contributed by atoms with van der Waals surface area (Å²) in [5.74, 6) is -0.730. The Kier molecular flexibility index (Phi) is 1.92. The van der Waals surface area contributed by atoms with Crippen LogP contribution in [0.15, 0.2) is 12.2 Å². The Labute approximate surface area is 108 Å². The fraction of sp³-hybridized carbons (Fsp3) is 0.700. The zero-order valence-corrected chi connectivity index (χ0v) is 10.7. The van der Waals surface area contributed by atoms with Crippen LogP contribution < -0.4 is 0 Å². The maximum Gasteiger partial charge on any atom is 0.205 e. The fourth-order valence-electron chi connectivity index (χ4n) is 3.03. The van der Waals surface area contributed by atoms with Crippen molar-refractivity contribution in [1.82, 2.24) is 0 Å². The predicted molar refractivity (Wildman–Crippen MR) is 61.7 cm³/mol. The average Bonchev–Trinajstić information content (AvgIpc) is 2.76. The number of hydrogen-bond donors (Lipinski definition) is 0. The number of allylic oxidation sites excluding steroid dienone is 2. The van der Waals surface area contributed by atoms with Crippen molar-refractivity contribution < 1.29 is 4.79 Å². The van der Waals surface area contributed by atoms with Gasteiger partial charge in [-0.05, 0) is 18.3 Å². The van der Waals surface area contributed by atoms with Crippen LogP contribution in [0.2, 0.25) is 0 Å². The summed E-state index contributed by atoms with van der Waals surface area (Å²) < 4.78 is -2.94. The van der Waals surface area contributed by atoms with E-state index in [1.54, 1.807) is 0 Å². The topological polar surface area (TPSA) is 17.1 Å². The highest BCUT2D eigenvalue weighted by Crippen LogP contribution is 2.73. The van der Waals surface area contributed by atoms with E-state index >= 15 is 0 Å². The Morgan fingerprint density at radius 3 is 1.73 bits per heavy atom. The molecule has 1 spiro atoms. The molecule has 15 heavy (non-hydrogen) atoms. The van der Waals surface area contributed by atoms with Crippen molar-refractivity contribution in [3.63, 3.8) is 0 Å². The van der Waals surface area contributed by atoms with Gasteiger partial charge in [0.15, 0.2) is 8.67 Å². The first-order valence-electron chi connectivity index (χ1n) is 4.82. The summed E-state index contributed by atoms with van der Waals surface area (Å²) >= 11 is 24.5. The Bertz CT molecular complexity index is 351. The van der Waals surface area contributed by atoms with Crippen LogP contribution in [-0.2, 0) is 4.79 Å². The van der Waals surface area contributed by atoms with Crippen LogP contribution in [-0.4, -0.2) is 14.4 Å². The minimum Gasteiger partial charge on any atom is -0.293 e. The number of carbonyl (C=O) groups is 1. The molecule has 0 aromatic rings. The van der Waals surface area contributed by atoms with E-state index in [2.05, 4.69) is 0 Å². The molecule has 0 radical (unpaired) electrons. The van der Waals surface area contributed by atoms with E-state index in [-0.39, 0.29) is 17.3 Å². The van der Waals surface area contributed by atoms with Crippen LogP contribution in [0.25, 0.3) is 0 Å². The zero-order chi connectivity index (χ0) is 11.1. The number of halogens is 4. The molecule has 5 heteroatoms. The predicted octanol–water partition coefficient (Wildman–Crippen LogP) is 3.50. The highest BCUT2D eigenvalue weighted by Gasteiger charge is 2.74. The zero-order valence-electron chi connectivity index (χ0n) is 7.64. The van der Waals surface area contributed by atoms with Gasteiger partial charge in [-0.25, -0.2) is 0 Å². The van der Waals surface area contributed by atoms with Crippen molar-refractivity contribution in [1.29, 1.82) is 0 Å². The molecule has 0 aromatic carbocycles. The molecule has 0 heterocycles. The first kappa shape index (κ1) is 10.7. The lowest BCUT2D eigenvalue weighted by atomic mass is 9.72. The summed E-state index contributed by atoms with van der Waals surface area (Å²) in [4.78, 5) is 12.0. The van der Waals surface area contributed by atoms with E-state index in [4.69, 9.17) is 46.4 Å². The first-order chi connectivity index (χ1) is 6.83. The summed E-state index contributed by atoms with van der Waals surface area (Å²) in [6.07, 6.45) is 5.79. The second-order valence-corrected chi connectivity index (χ2v) is 7.42. The molecule has 2 saturated carbocycles. The molecule has 2 atom stereocenters. The van der Waals surface area contributed by atoms with Gasteiger partial charge in [0.05, 0.1) is 0 Å². The van der Waals surface area contributed by atoms with Crippen LogP contribution in [0.4, 0.5) is 0 Å². The Hall–Kier alpha value is 0.570. The van der Waals surface area contributed by atoms with Crippen molar-refractivity contribution >= 4 is 52.2 Å². The summed E-state index contributed by atoms with van der Waals surface area (Å²) in [7, 11) is 0. The van der Waals surface area contributed by atoms with Crippen LogP contribution in [0.5, 0.6) is 0 Å². The molecule has 3 aliphatic carbocycles. The summed E-state index contributed by atoms with van der Waals surface area (Å²) in [5.41, 5.74) is -0.0547. The van der Waals surface area contributed by atoms with Gasteiger partial charge in [-0.3, -0.25) is 4.79 Å². The molecule has 0 N–H and O–H groups in total. The van der Waals surface area contributed by atoms with Gasteiger partial charge in [0, 0.05) is 11.8 Å². The van der Waals surface area contributed by atoms with Gasteiger partial charge in [-0.2, -0.15) is 0 Å². The van der Waals surface area contributed by atoms with Crippen LogP contribution in [0, 0.1) is 17.3 Å². The van der Waals surface area contributed by atoms with Gasteiger partial charge in [-0.15, -0.1) is 0 Å². The van der Waals surface area contributed by atoms with Crippen molar-refractivity contribution in [2.24, 2.45) is 17.3 Å². The van der Waals surface area contributed by atoms with Gasteiger partial charge >= 0.3 is 0 Å². The van der Waals surface area contributed by atoms with Crippen molar-refractivity contribution in [3.8, 4) is 0 Å². The first-order valence-corrected chi connectivity index (χ1v) is 6.33. The van der Waals surface area contributed by atoms with E-state index in [0.717, 1.165) is 12.8 Å². The standard InChI is InChI=1S/C10H8Cl4O/c11-9(12)5-1-2-6(8(5)3-4-8)10(13,14)7(9)15/h1-2,5-6H,3-4H2. The largest absolute Gasteiger partial charge is 0.293 e. The number of hydrogen-bond acceptors (Lipinski definition) is 1. The molecule has 2 fully saturated rings. The molecular weight excluding hydrogens is 278 g/mol. The Morgan fingerprint density at radius 2 is 1.40 bits per heavy atom. The van der Waals surface area contributed by atoms with E-state index in [0.29, 0.717) is 0 Å². The Morgan fingerprint density at radius 1 is 1.00 bits per heavy atom. The number of ketones is 1. The monoisotopic (exact) mass is 284 g/mol. The third kappa shape index (κ3) is 1.06. The van der Waals surface area contributed by atoms with Crippen molar-refractivity contribution in [2.75, 3.05) is 0 Å². The van der Waals surface area contributed by atoms with Crippen LogP contribution in [0.3, 0.4) is 0 Å². The number of alkyl halides is 4. The van der Waals surface area contributed by atoms with Gasteiger partial charge in [0.1, 0.15) is 0 Å². The van der Waals surface area contributed by atoms with Gasteiger partial charge < -0.3 is 0 Å². The second-order valence-electron chi connectivity index (χ2n) is 4.65. The number of carbonyl (C=O) groups excluding carboxylic acids is 1. The molecule has 3 aliphatic rings. The second kappa shape index (κ2) is 2.69. The van der Waals surface area contributed by atoms with Gasteiger partial charge in [-0.1, -0.05) is 58.6 Å². The molecule has 0 aromatic heterocycles. The normalized spacial score (nSPS) is 42.3. The lowest BCUT2D eigenvalue weighted by molar-refractivity contribution is -0.125. The van der Waals surface area contributed by atoms with Crippen LogP contribution >= 0.6 is 46.4 Å². The molecule has 82 valence electrons. The molecule has 0 aliphatic heterocycles. The fourth-order valence-corrected chi connectivity index (χ4v) is 4.98. The van der Waals surface area contributed by atoms with E-state index in [1.165, 1.54) is 0 Å². The molecule has 2 bridgehead atoms. The van der Waals surface area contributed by atoms with Crippen molar-refractivity contribution in [3.05, 3.63) is 12.2 Å². The lowest BCUT2D eigenvalue weighted by Crippen LogP contribution is -2.56. The lowest BCUT2D eigenvalue weighted by Gasteiger charge is -2.44. The van der Waals surface area contributed by atoms with Crippen LogP contribution in [0.1, 0.15) is 12.8 Å². The minimum atomic E-state index is -1.47. The third-order valence-electron chi connectivity index (χ3n) is 3.95. The average molecular weight is 286 g/mol. The molecular formula is C10H8Cl4O. The highest BCUT2D eigenvalue weighted by atomic mass is 35.5. The van der Waals surface area contributed by atoms with E-state index < -0.39 is 14.4 Å². The van der Waals surface area contributed by atoms with Gasteiger partial charge in [0.25, 0.3) is 0 Å². The number of Topliss-reactive ketones (excluding diaryl/α,β-unsaturated/α-hetero) is 1. The highest BCUT2D eigenvalue weighted by molar-refractivity contribution is 6.69. The maximum absolute atomic E-state index is 12.0. The molecule has 2 unspecified atom stereocenters. The molecule has 0 amide bonds. The molecule has 3 rings (SSSR count). The third-order valence-corrected chi connectivity index (χ3v) is 5.58. The Balaban J connectivity index is 2.18. The molecule has 1 nitrogen and oxygen atoms in total. The smallest absolute Gasteiger partial charge is 0.205 e. The quantitative estimate of drug-likeness (QED) is 0.492. The van der Waals surface area contributed by atoms with Gasteiger partial charge in [0.2, 0.25) is 5.78 Å². The van der Waals surface area contributed by atoms with Crippen molar-refractivity contribution in [2.45, 2.75) is 21.5 Å². The molecule has 0 saturated heterocycles. The van der Waals surface area contributed by atoms with E-state index in [1.807, 2.05) is 12.2 Å². The van der Waals surface area contributed by atoms with E-state index in [9.17, 15) is 4.79 Å². The maximum atomic E-state index is 12.0. The SMILES string of the molecule is O=C1C(Cl)(Cl)C2C=CC(C1(Cl)Cl)C21CC1. The minimum absolute atomic E-state index is 0.0547. The summed E-state index contributed by atoms with van der Waals surface area (Å²) in [6, 6.07) is 0. The summed E-state index contributed by atoms with van der Waals surface area (Å²) in [6.45, 7) is 0. The number of rotatable bonds is 0.